The third-order valence-corrected chi connectivity index (χ3v) is 4.41. The topological polar surface area (TPSA) is 64.7 Å². The van der Waals surface area contributed by atoms with Gasteiger partial charge in [-0.1, -0.05) is 15.9 Å². The first-order chi connectivity index (χ1) is 8.64. The van der Waals surface area contributed by atoms with Crippen molar-refractivity contribution in [2.45, 2.75) is 44.8 Å². The highest BCUT2D eigenvalue weighted by Crippen LogP contribution is 2.40. The third kappa shape index (κ3) is 2.67. The molecular formula is C13H19BBrNO3. The SMILES string of the molecule is CC1(C)OB([C@H](N)c2cc(Br)ccc2O)OC1(C)C. The summed E-state index contributed by atoms with van der Waals surface area (Å²) in [6.45, 7) is 7.89. The van der Waals surface area contributed by atoms with Crippen molar-refractivity contribution in [1.82, 2.24) is 0 Å². The quantitative estimate of drug-likeness (QED) is 0.820. The van der Waals surface area contributed by atoms with Gasteiger partial charge in [0.25, 0.3) is 0 Å². The van der Waals surface area contributed by atoms with Crippen LogP contribution >= 0.6 is 15.9 Å². The standard InChI is InChI=1S/C13H19BBrNO3/c1-12(2)13(3,4)19-14(18-12)11(16)9-7-8(15)5-6-10(9)17/h5-7,11,17H,16H2,1-4H3/t11-/m1/s1. The Morgan fingerprint density at radius 1 is 1.21 bits per heavy atom. The van der Waals surface area contributed by atoms with Gasteiger partial charge in [-0.25, -0.2) is 0 Å². The number of phenolic OH excluding ortho intramolecular Hbond substituents is 1. The Balaban J connectivity index is 2.27. The molecule has 1 saturated heterocycles. The normalized spacial score (nSPS) is 22.5. The fourth-order valence-electron chi connectivity index (χ4n) is 1.97. The molecule has 6 heteroatoms. The van der Waals surface area contributed by atoms with Crippen LogP contribution in [0.3, 0.4) is 0 Å². The molecule has 0 aromatic heterocycles. The minimum absolute atomic E-state index is 0.144. The molecule has 1 aromatic carbocycles. The molecule has 1 aliphatic rings. The fourth-order valence-corrected chi connectivity index (χ4v) is 2.35. The maximum Gasteiger partial charge on any atom is 0.480 e. The molecule has 1 aromatic rings. The van der Waals surface area contributed by atoms with E-state index in [9.17, 15) is 5.11 Å². The van der Waals surface area contributed by atoms with Crippen molar-refractivity contribution in [2.24, 2.45) is 5.73 Å². The molecule has 104 valence electrons. The van der Waals surface area contributed by atoms with Gasteiger partial charge in [0, 0.05) is 10.0 Å². The van der Waals surface area contributed by atoms with E-state index in [-0.39, 0.29) is 5.75 Å². The Labute approximate surface area is 122 Å². The van der Waals surface area contributed by atoms with Crippen molar-refractivity contribution in [3.63, 3.8) is 0 Å². The second kappa shape index (κ2) is 4.77. The van der Waals surface area contributed by atoms with E-state index in [4.69, 9.17) is 15.0 Å². The smallest absolute Gasteiger partial charge is 0.480 e. The predicted molar refractivity (Wildman–Crippen MR) is 78.8 cm³/mol. The highest BCUT2D eigenvalue weighted by Gasteiger charge is 2.53. The predicted octanol–water partition coefficient (Wildman–Crippen LogP) is 2.79. The number of nitrogens with two attached hydrogens (primary N) is 1. The monoisotopic (exact) mass is 327 g/mol. The summed E-state index contributed by atoms with van der Waals surface area (Å²) >= 11 is 3.37. The van der Waals surface area contributed by atoms with Crippen LogP contribution in [0.4, 0.5) is 0 Å². The lowest BCUT2D eigenvalue weighted by atomic mass is 9.74. The molecule has 3 N–H and O–H groups in total. The molecule has 1 atom stereocenters. The third-order valence-electron chi connectivity index (χ3n) is 3.91. The average molecular weight is 328 g/mol. The van der Waals surface area contributed by atoms with Crippen LogP contribution in [0.15, 0.2) is 22.7 Å². The fraction of sp³-hybridized carbons (Fsp3) is 0.538. The Bertz CT molecular complexity index is 477. The number of rotatable bonds is 2. The first kappa shape index (κ1) is 14.8. The largest absolute Gasteiger partial charge is 0.508 e. The van der Waals surface area contributed by atoms with Crippen molar-refractivity contribution in [3.05, 3.63) is 28.2 Å². The van der Waals surface area contributed by atoms with Crippen LogP contribution in [-0.2, 0) is 9.31 Å². The lowest BCUT2D eigenvalue weighted by Gasteiger charge is -2.32. The second-order valence-electron chi connectivity index (χ2n) is 5.85. The molecule has 2 rings (SSSR count). The van der Waals surface area contributed by atoms with Gasteiger partial charge in [0.2, 0.25) is 0 Å². The Kier molecular flexibility index (Phi) is 3.73. The van der Waals surface area contributed by atoms with Crippen molar-refractivity contribution >= 4 is 23.0 Å². The van der Waals surface area contributed by atoms with Crippen LogP contribution in [-0.4, -0.2) is 23.4 Å². The van der Waals surface area contributed by atoms with Crippen molar-refractivity contribution in [1.29, 1.82) is 0 Å². The highest BCUT2D eigenvalue weighted by molar-refractivity contribution is 9.10. The molecule has 0 bridgehead atoms. The summed E-state index contributed by atoms with van der Waals surface area (Å²) in [7, 11) is -0.579. The summed E-state index contributed by atoms with van der Waals surface area (Å²) in [6, 6.07) is 5.14. The van der Waals surface area contributed by atoms with Crippen LogP contribution in [0.5, 0.6) is 5.75 Å². The number of phenols is 1. The number of aromatic hydroxyl groups is 1. The van der Waals surface area contributed by atoms with Gasteiger partial charge in [0.05, 0.1) is 17.1 Å². The van der Waals surface area contributed by atoms with Crippen LogP contribution in [0, 0.1) is 0 Å². The molecule has 1 heterocycles. The molecule has 1 fully saturated rings. The Morgan fingerprint density at radius 2 is 1.74 bits per heavy atom. The maximum absolute atomic E-state index is 9.91. The summed E-state index contributed by atoms with van der Waals surface area (Å²) in [6.07, 6.45) is 0. The summed E-state index contributed by atoms with van der Waals surface area (Å²) in [5.41, 5.74) is 5.92. The average Bonchev–Trinajstić information content (AvgIpc) is 2.51. The zero-order valence-electron chi connectivity index (χ0n) is 11.6. The van der Waals surface area contributed by atoms with Crippen LogP contribution in [0.25, 0.3) is 0 Å². The van der Waals surface area contributed by atoms with E-state index in [0.29, 0.717) is 5.56 Å². The first-order valence-corrected chi connectivity index (χ1v) is 7.03. The van der Waals surface area contributed by atoms with Crippen molar-refractivity contribution in [2.75, 3.05) is 0 Å². The van der Waals surface area contributed by atoms with Gasteiger partial charge in [-0.3, -0.25) is 0 Å². The minimum Gasteiger partial charge on any atom is -0.508 e. The zero-order chi connectivity index (χ0) is 14.4. The zero-order valence-corrected chi connectivity index (χ0v) is 13.2. The van der Waals surface area contributed by atoms with Crippen molar-refractivity contribution in [3.8, 4) is 5.75 Å². The van der Waals surface area contributed by atoms with Crippen LogP contribution in [0.2, 0.25) is 0 Å². The number of benzene rings is 1. The van der Waals surface area contributed by atoms with E-state index >= 15 is 0 Å². The van der Waals surface area contributed by atoms with Gasteiger partial charge in [0.15, 0.2) is 0 Å². The Hall–Kier alpha value is -0.555. The molecule has 0 radical (unpaired) electrons. The van der Waals surface area contributed by atoms with Gasteiger partial charge in [-0.2, -0.15) is 0 Å². The summed E-state index contributed by atoms with van der Waals surface area (Å²) < 4.78 is 12.7. The first-order valence-electron chi connectivity index (χ1n) is 6.24. The molecule has 0 unspecified atom stereocenters. The minimum atomic E-state index is -0.579. The lowest BCUT2D eigenvalue weighted by Crippen LogP contribution is -2.41. The van der Waals surface area contributed by atoms with Gasteiger partial charge >= 0.3 is 7.12 Å². The van der Waals surface area contributed by atoms with Gasteiger partial charge < -0.3 is 20.1 Å². The van der Waals surface area contributed by atoms with Crippen LogP contribution in [0.1, 0.15) is 39.2 Å². The molecule has 0 saturated carbocycles. The van der Waals surface area contributed by atoms with Gasteiger partial charge in [0.1, 0.15) is 5.75 Å². The van der Waals surface area contributed by atoms with Gasteiger partial charge in [-0.05, 0) is 45.9 Å². The summed E-state index contributed by atoms with van der Waals surface area (Å²) in [5.74, 6) is -0.399. The van der Waals surface area contributed by atoms with E-state index in [1.165, 1.54) is 0 Å². The lowest BCUT2D eigenvalue weighted by molar-refractivity contribution is 0.00578. The molecule has 0 spiro atoms. The second-order valence-corrected chi connectivity index (χ2v) is 6.77. The molecular weight excluding hydrogens is 309 g/mol. The van der Waals surface area contributed by atoms with Crippen LogP contribution < -0.4 is 5.73 Å². The van der Waals surface area contributed by atoms with E-state index in [1.807, 2.05) is 27.7 Å². The maximum atomic E-state index is 9.91. The highest BCUT2D eigenvalue weighted by atomic mass is 79.9. The van der Waals surface area contributed by atoms with E-state index in [0.717, 1.165) is 4.47 Å². The number of hydrogen-bond acceptors (Lipinski definition) is 4. The molecule has 19 heavy (non-hydrogen) atoms. The molecule has 0 amide bonds. The van der Waals surface area contributed by atoms with E-state index in [1.54, 1.807) is 18.2 Å². The Morgan fingerprint density at radius 3 is 2.26 bits per heavy atom. The molecule has 4 nitrogen and oxygen atoms in total. The van der Waals surface area contributed by atoms with Gasteiger partial charge in [-0.15, -0.1) is 0 Å². The number of halogens is 1. The van der Waals surface area contributed by atoms with Crippen molar-refractivity contribution < 1.29 is 14.4 Å². The summed E-state index contributed by atoms with van der Waals surface area (Å²) in [5, 5.41) is 9.91. The summed E-state index contributed by atoms with van der Waals surface area (Å²) in [4.78, 5) is 0. The number of hydrogen-bond donors (Lipinski definition) is 2. The molecule has 0 aliphatic carbocycles. The molecule has 1 aliphatic heterocycles. The van der Waals surface area contributed by atoms with E-state index in [2.05, 4.69) is 15.9 Å². The van der Waals surface area contributed by atoms with E-state index < -0.39 is 24.3 Å².